The molecule has 0 spiro atoms. The van der Waals surface area contributed by atoms with E-state index < -0.39 is 0 Å². The first-order chi connectivity index (χ1) is 5.69. The summed E-state index contributed by atoms with van der Waals surface area (Å²) in [4.78, 5) is 0. The summed E-state index contributed by atoms with van der Waals surface area (Å²) in [7, 11) is 0. The van der Waals surface area contributed by atoms with Crippen LogP contribution < -0.4 is 5.73 Å². The highest BCUT2D eigenvalue weighted by molar-refractivity contribution is 8.00. The van der Waals surface area contributed by atoms with Crippen molar-refractivity contribution < 1.29 is 0 Å². The summed E-state index contributed by atoms with van der Waals surface area (Å²) >= 11 is 2.01. The van der Waals surface area contributed by atoms with Gasteiger partial charge in [0.15, 0.2) is 0 Å². The summed E-state index contributed by atoms with van der Waals surface area (Å²) in [5.41, 5.74) is 6.08. The first-order valence-corrected chi connectivity index (χ1v) is 5.50. The minimum absolute atomic E-state index is 0.279. The topological polar surface area (TPSA) is 26.0 Å². The molecule has 1 saturated heterocycles. The summed E-state index contributed by atoms with van der Waals surface area (Å²) in [6.07, 6.45) is 9.56. The quantitative estimate of drug-likeness (QED) is 0.677. The molecular formula is C10H17NS. The predicted molar refractivity (Wildman–Crippen MR) is 56.1 cm³/mol. The Balaban J connectivity index is 2.39. The van der Waals surface area contributed by atoms with Crippen molar-refractivity contribution in [1.29, 1.82) is 0 Å². The fourth-order valence-corrected chi connectivity index (χ4v) is 3.01. The van der Waals surface area contributed by atoms with Crippen molar-refractivity contribution in [3.63, 3.8) is 0 Å². The molecule has 2 atom stereocenters. The molecule has 0 aliphatic carbocycles. The van der Waals surface area contributed by atoms with Gasteiger partial charge in [-0.15, -0.1) is 12.3 Å². The third kappa shape index (κ3) is 2.18. The maximum Gasteiger partial charge on any atom is 0.0283 e. The van der Waals surface area contributed by atoms with Crippen molar-refractivity contribution >= 4 is 11.8 Å². The van der Waals surface area contributed by atoms with Crippen molar-refractivity contribution in [2.75, 3.05) is 5.75 Å². The zero-order valence-electron chi connectivity index (χ0n) is 7.68. The van der Waals surface area contributed by atoms with Gasteiger partial charge in [0, 0.05) is 17.2 Å². The van der Waals surface area contributed by atoms with Crippen LogP contribution in [-0.4, -0.2) is 16.5 Å². The van der Waals surface area contributed by atoms with E-state index in [0.29, 0.717) is 4.75 Å². The lowest BCUT2D eigenvalue weighted by Gasteiger charge is -2.29. The van der Waals surface area contributed by atoms with Gasteiger partial charge < -0.3 is 5.73 Å². The molecule has 0 bridgehead atoms. The van der Waals surface area contributed by atoms with Crippen LogP contribution in [-0.2, 0) is 0 Å². The number of thioether (sulfide) groups is 1. The Hall–Kier alpha value is -0.130. The summed E-state index contributed by atoms with van der Waals surface area (Å²) in [5, 5.41) is 0. The van der Waals surface area contributed by atoms with Gasteiger partial charge in [0.1, 0.15) is 0 Å². The van der Waals surface area contributed by atoms with Gasteiger partial charge in [0.25, 0.3) is 0 Å². The Bertz CT molecular complexity index is 177. The zero-order valence-corrected chi connectivity index (χ0v) is 8.49. The Morgan fingerprint density at radius 3 is 3.00 bits per heavy atom. The monoisotopic (exact) mass is 183 g/mol. The molecule has 68 valence electrons. The van der Waals surface area contributed by atoms with Crippen LogP contribution in [0, 0.1) is 12.3 Å². The average Bonchev–Trinajstić information content (AvgIpc) is 2.49. The molecule has 0 amide bonds. The molecule has 1 aliphatic rings. The standard InChI is InChI=1S/C10H17NS/c1-3-4-6-9(11)10(2)7-5-8-12-10/h1,9H,4-8,11H2,2H3. The van der Waals surface area contributed by atoms with Crippen LogP contribution in [0.3, 0.4) is 0 Å². The molecule has 0 aromatic heterocycles. The SMILES string of the molecule is C#CCCC(N)C1(C)CCCS1. The van der Waals surface area contributed by atoms with Crippen molar-refractivity contribution in [2.24, 2.45) is 5.73 Å². The van der Waals surface area contributed by atoms with Gasteiger partial charge in [0.05, 0.1) is 0 Å². The number of hydrogen-bond acceptors (Lipinski definition) is 2. The molecular weight excluding hydrogens is 166 g/mol. The van der Waals surface area contributed by atoms with Crippen LogP contribution in [0.4, 0.5) is 0 Å². The third-order valence-corrected chi connectivity index (χ3v) is 4.29. The van der Waals surface area contributed by atoms with Gasteiger partial charge in [-0.05, 0) is 31.9 Å². The van der Waals surface area contributed by atoms with E-state index in [1.165, 1.54) is 18.6 Å². The number of terminal acetylenes is 1. The van der Waals surface area contributed by atoms with Crippen molar-refractivity contribution in [3.05, 3.63) is 0 Å². The highest BCUT2D eigenvalue weighted by atomic mass is 32.2. The second-order valence-electron chi connectivity index (χ2n) is 3.61. The van der Waals surface area contributed by atoms with Crippen LogP contribution >= 0.6 is 11.8 Å². The molecule has 1 heterocycles. The van der Waals surface area contributed by atoms with Crippen molar-refractivity contribution in [2.45, 2.75) is 43.4 Å². The average molecular weight is 183 g/mol. The minimum atomic E-state index is 0.279. The second-order valence-corrected chi connectivity index (χ2v) is 5.24. The first kappa shape index (κ1) is 9.95. The molecule has 0 aromatic carbocycles. The smallest absolute Gasteiger partial charge is 0.0283 e. The lowest BCUT2D eigenvalue weighted by Crippen LogP contribution is -2.40. The molecule has 1 fully saturated rings. The predicted octanol–water partition coefficient (Wildman–Crippen LogP) is 2.01. The maximum atomic E-state index is 6.08. The lowest BCUT2D eigenvalue weighted by atomic mass is 9.93. The molecule has 12 heavy (non-hydrogen) atoms. The van der Waals surface area contributed by atoms with E-state index in [0.717, 1.165) is 12.8 Å². The number of rotatable bonds is 3. The summed E-state index contributed by atoms with van der Waals surface area (Å²) < 4.78 is 0.302. The van der Waals surface area contributed by atoms with Gasteiger partial charge in [-0.1, -0.05) is 0 Å². The largest absolute Gasteiger partial charge is 0.326 e. The molecule has 1 aliphatic heterocycles. The Labute approximate surface area is 79.5 Å². The number of nitrogens with two attached hydrogens (primary N) is 1. The molecule has 1 nitrogen and oxygen atoms in total. The van der Waals surface area contributed by atoms with E-state index in [-0.39, 0.29) is 6.04 Å². The Morgan fingerprint density at radius 2 is 2.50 bits per heavy atom. The normalized spacial score (nSPS) is 31.4. The Morgan fingerprint density at radius 1 is 1.75 bits per heavy atom. The second kappa shape index (κ2) is 4.20. The highest BCUT2D eigenvalue weighted by Gasteiger charge is 2.34. The first-order valence-electron chi connectivity index (χ1n) is 4.52. The van der Waals surface area contributed by atoms with Gasteiger partial charge in [-0.2, -0.15) is 11.8 Å². The number of hydrogen-bond donors (Lipinski definition) is 1. The summed E-state index contributed by atoms with van der Waals surface area (Å²) in [5.74, 6) is 3.91. The van der Waals surface area contributed by atoms with Gasteiger partial charge in [-0.25, -0.2) is 0 Å². The molecule has 2 unspecified atom stereocenters. The lowest BCUT2D eigenvalue weighted by molar-refractivity contribution is 0.464. The molecule has 2 N–H and O–H groups in total. The van der Waals surface area contributed by atoms with Crippen LogP contribution in [0.25, 0.3) is 0 Å². The van der Waals surface area contributed by atoms with E-state index in [2.05, 4.69) is 12.8 Å². The molecule has 0 aromatic rings. The van der Waals surface area contributed by atoms with Crippen LogP contribution in [0.1, 0.15) is 32.6 Å². The van der Waals surface area contributed by atoms with Gasteiger partial charge in [-0.3, -0.25) is 0 Å². The highest BCUT2D eigenvalue weighted by Crippen LogP contribution is 2.40. The van der Waals surface area contributed by atoms with Crippen molar-refractivity contribution in [3.8, 4) is 12.3 Å². The van der Waals surface area contributed by atoms with Gasteiger partial charge >= 0.3 is 0 Å². The molecule has 0 saturated carbocycles. The van der Waals surface area contributed by atoms with Crippen LogP contribution in [0.15, 0.2) is 0 Å². The van der Waals surface area contributed by atoms with E-state index in [9.17, 15) is 0 Å². The van der Waals surface area contributed by atoms with Gasteiger partial charge in [0.2, 0.25) is 0 Å². The zero-order chi connectivity index (χ0) is 9.03. The van der Waals surface area contributed by atoms with Crippen LogP contribution in [0.5, 0.6) is 0 Å². The maximum absolute atomic E-state index is 6.08. The molecule has 2 heteroatoms. The fourth-order valence-electron chi connectivity index (χ4n) is 1.64. The van der Waals surface area contributed by atoms with Crippen molar-refractivity contribution in [1.82, 2.24) is 0 Å². The molecule has 1 rings (SSSR count). The Kier molecular flexibility index (Phi) is 3.49. The molecule has 0 radical (unpaired) electrons. The summed E-state index contributed by atoms with van der Waals surface area (Å²) in [6, 6.07) is 0.279. The van der Waals surface area contributed by atoms with E-state index in [1.54, 1.807) is 0 Å². The fraction of sp³-hybridized carbons (Fsp3) is 0.800. The van der Waals surface area contributed by atoms with E-state index in [1.807, 2.05) is 11.8 Å². The minimum Gasteiger partial charge on any atom is -0.326 e. The summed E-state index contributed by atoms with van der Waals surface area (Å²) in [6.45, 7) is 2.27. The third-order valence-electron chi connectivity index (χ3n) is 2.63. The van der Waals surface area contributed by atoms with Crippen LogP contribution in [0.2, 0.25) is 0 Å². The van der Waals surface area contributed by atoms with E-state index in [4.69, 9.17) is 12.2 Å². The van der Waals surface area contributed by atoms with E-state index >= 15 is 0 Å².